The van der Waals surface area contributed by atoms with Crippen LogP contribution in [0, 0.1) is 15.9 Å². The molecule has 0 spiro atoms. The molecule has 0 aromatic heterocycles. The fourth-order valence-corrected chi connectivity index (χ4v) is 2.08. The van der Waals surface area contributed by atoms with Crippen LogP contribution in [0.3, 0.4) is 0 Å². The molecule has 0 aliphatic heterocycles. The molecule has 1 rings (SSSR count). The standard InChI is InChI=1S/C11H13FN2O6S/c1-2-3-4-20-11(15)8-5-7(14(16)17)6-9(10(8)12)21(13,18)19/h5-6H,2-4H2,1H3,(H2,13,18,19). The van der Waals surface area contributed by atoms with Gasteiger partial charge in [0.15, 0.2) is 5.82 Å². The van der Waals surface area contributed by atoms with E-state index in [9.17, 15) is 27.7 Å². The van der Waals surface area contributed by atoms with E-state index in [0.29, 0.717) is 25.0 Å². The summed E-state index contributed by atoms with van der Waals surface area (Å²) < 4.78 is 41.2. The summed E-state index contributed by atoms with van der Waals surface area (Å²) in [6, 6.07) is 1.06. The van der Waals surface area contributed by atoms with Crippen molar-refractivity contribution in [2.75, 3.05) is 6.61 Å². The Morgan fingerprint density at radius 1 is 1.48 bits per heavy atom. The highest BCUT2D eigenvalue weighted by Crippen LogP contribution is 2.25. The Labute approximate surface area is 119 Å². The zero-order valence-corrected chi connectivity index (χ0v) is 11.9. The number of esters is 1. The lowest BCUT2D eigenvalue weighted by molar-refractivity contribution is -0.385. The molecule has 0 bridgehead atoms. The van der Waals surface area contributed by atoms with E-state index in [1.807, 2.05) is 6.92 Å². The molecular formula is C11H13FN2O6S. The molecule has 8 nitrogen and oxygen atoms in total. The number of benzene rings is 1. The van der Waals surface area contributed by atoms with Crippen molar-refractivity contribution in [2.45, 2.75) is 24.7 Å². The van der Waals surface area contributed by atoms with Crippen molar-refractivity contribution in [1.82, 2.24) is 0 Å². The summed E-state index contributed by atoms with van der Waals surface area (Å²) in [5, 5.41) is 15.5. The number of sulfonamides is 1. The number of hydrogen-bond donors (Lipinski definition) is 1. The number of nitrogens with two attached hydrogens (primary N) is 1. The maximum atomic E-state index is 14.0. The number of carbonyl (C=O) groups is 1. The molecule has 0 heterocycles. The quantitative estimate of drug-likeness (QED) is 0.364. The van der Waals surface area contributed by atoms with Gasteiger partial charge in [-0.15, -0.1) is 0 Å². The van der Waals surface area contributed by atoms with Crippen molar-refractivity contribution in [3.8, 4) is 0 Å². The third-order valence-electron chi connectivity index (χ3n) is 2.49. The molecule has 0 atom stereocenters. The number of rotatable bonds is 6. The van der Waals surface area contributed by atoms with E-state index in [0.717, 1.165) is 0 Å². The average Bonchev–Trinajstić information content (AvgIpc) is 2.37. The topological polar surface area (TPSA) is 130 Å². The van der Waals surface area contributed by atoms with E-state index >= 15 is 0 Å². The molecule has 0 radical (unpaired) electrons. The van der Waals surface area contributed by atoms with Gasteiger partial charge in [-0.25, -0.2) is 22.7 Å². The van der Waals surface area contributed by atoms with E-state index < -0.39 is 42.9 Å². The average molecular weight is 320 g/mol. The summed E-state index contributed by atoms with van der Waals surface area (Å²) in [5.74, 6) is -2.65. The highest BCUT2D eigenvalue weighted by Gasteiger charge is 2.27. The van der Waals surface area contributed by atoms with Crippen LogP contribution in [-0.4, -0.2) is 25.9 Å². The van der Waals surface area contributed by atoms with Crippen LogP contribution >= 0.6 is 0 Å². The van der Waals surface area contributed by atoms with Gasteiger partial charge in [-0.1, -0.05) is 13.3 Å². The molecule has 0 unspecified atom stereocenters. The molecule has 10 heteroatoms. The second-order valence-corrected chi connectivity index (χ2v) is 5.63. The van der Waals surface area contributed by atoms with Crippen molar-refractivity contribution in [3.63, 3.8) is 0 Å². The van der Waals surface area contributed by atoms with E-state index in [1.54, 1.807) is 0 Å². The molecule has 1 aromatic rings. The lowest BCUT2D eigenvalue weighted by Crippen LogP contribution is -2.18. The molecular weight excluding hydrogens is 307 g/mol. The number of non-ortho nitro benzene ring substituents is 1. The van der Waals surface area contributed by atoms with E-state index in [1.165, 1.54) is 0 Å². The molecule has 2 N–H and O–H groups in total. The number of unbranched alkanes of at least 4 members (excludes halogenated alkanes) is 1. The first-order valence-electron chi connectivity index (χ1n) is 5.86. The molecule has 0 saturated carbocycles. The number of carbonyl (C=O) groups excluding carboxylic acids is 1. The van der Waals surface area contributed by atoms with Gasteiger partial charge in [0, 0.05) is 12.1 Å². The number of nitro groups is 1. The Kier molecular flexibility index (Phi) is 5.33. The van der Waals surface area contributed by atoms with Crippen LogP contribution in [0.15, 0.2) is 17.0 Å². The van der Waals surface area contributed by atoms with Crippen LogP contribution in [0.5, 0.6) is 0 Å². The summed E-state index contributed by atoms with van der Waals surface area (Å²) in [4.78, 5) is 20.3. The minimum atomic E-state index is -4.56. The third-order valence-corrected chi connectivity index (χ3v) is 3.40. The van der Waals surface area contributed by atoms with Gasteiger partial charge in [0.2, 0.25) is 10.0 Å². The van der Waals surface area contributed by atoms with Gasteiger partial charge in [-0.2, -0.15) is 0 Å². The number of ether oxygens (including phenoxy) is 1. The predicted molar refractivity (Wildman–Crippen MR) is 69.6 cm³/mol. The van der Waals surface area contributed by atoms with E-state index in [2.05, 4.69) is 0 Å². The first kappa shape index (κ1) is 17.0. The van der Waals surface area contributed by atoms with Gasteiger partial charge < -0.3 is 4.74 Å². The van der Waals surface area contributed by atoms with E-state index in [-0.39, 0.29) is 6.61 Å². The van der Waals surface area contributed by atoms with Crippen molar-refractivity contribution in [3.05, 3.63) is 33.6 Å². The molecule has 0 saturated heterocycles. The first-order valence-corrected chi connectivity index (χ1v) is 7.41. The second kappa shape index (κ2) is 6.59. The van der Waals surface area contributed by atoms with Crippen LogP contribution < -0.4 is 5.14 Å². The summed E-state index contributed by atoms with van der Waals surface area (Å²) in [6.07, 6.45) is 1.23. The zero-order chi connectivity index (χ0) is 16.2. The van der Waals surface area contributed by atoms with Crippen LogP contribution in [0.25, 0.3) is 0 Å². The molecule has 116 valence electrons. The smallest absolute Gasteiger partial charge is 0.341 e. The summed E-state index contributed by atoms with van der Waals surface area (Å²) in [5.41, 5.74) is -1.62. The fourth-order valence-electron chi connectivity index (χ4n) is 1.43. The van der Waals surface area contributed by atoms with Gasteiger partial charge in [-0.05, 0) is 6.42 Å². The van der Waals surface area contributed by atoms with Gasteiger partial charge in [-0.3, -0.25) is 10.1 Å². The maximum absolute atomic E-state index is 14.0. The monoisotopic (exact) mass is 320 g/mol. The highest BCUT2D eigenvalue weighted by atomic mass is 32.2. The highest BCUT2D eigenvalue weighted by molar-refractivity contribution is 7.89. The lowest BCUT2D eigenvalue weighted by atomic mass is 10.2. The first-order chi connectivity index (χ1) is 9.68. The molecule has 0 amide bonds. The van der Waals surface area contributed by atoms with Crippen molar-refractivity contribution in [1.29, 1.82) is 0 Å². The second-order valence-electron chi connectivity index (χ2n) is 4.10. The Hall–Kier alpha value is -2.07. The van der Waals surface area contributed by atoms with E-state index in [4.69, 9.17) is 9.88 Å². The third kappa shape index (κ3) is 4.20. The minimum Gasteiger partial charge on any atom is -0.462 e. The molecule has 1 aromatic carbocycles. The number of nitro benzene ring substituents is 1. The lowest BCUT2D eigenvalue weighted by Gasteiger charge is -2.07. The van der Waals surface area contributed by atoms with Crippen LogP contribution in [-0.2, 0) is 14.8 Å². The van der Waals surface area contributed by atoms with Crippen LogP contribution in [0.1, 0.15) is 30.1 Å². The van der Waals surface area contributed by atoms with Crippen LogP contribution in [0.2, 0.25) is 0 Å². The Balaban J connectivity index is 3.34. The predicted octanol–water partition coefficient (Wildman–Crippen LogP) is 1.34. The normalized spacial score (nSPS) is 11.2. The summed E-state index contributed by atoms with van der Waals surface area (Å²) in [6.45, 7) is 1.82. The van der Waals surface area contributed by atoms with Crippen molar-refractivity contribution < 1.29 is 27.3 Å². The van der Waals surface area contributed by atoms with Gasteiger partial charge in [0.05, 0.1) is 11.5 Å². The van der Waals surface area contributed by atoms with Crippen molar-refractivity contribution >= 4 is 21.7 Å². The van der Waals surface area contributed by atoms with Crippen LogP contribution in [0.4, 0.5) is 10.1 Å². The number of hydrogen-bond acceptors (Lipinski definition) is 6. The summed E-state index contributed by atoms with van der Waals surface area (Å²) in [7, 11) is -4.56. The fraction of sp³-hybridized carbons (Fsp3) is 0.364. The van der Waals surface area contributed by atoms with Gasteiger partial charge >= 0.3 is 5.97 Å². The Morgan fingerprint density at radius 3 is 2.57 bits per heavy atom. The number of halogens is 1. The summed E-state index contributed by atoms with van der Waals surface area (Å²) >= 11 is 0. The Morgan fingerprint density at radius 2 is 2.10 bits per heavy atom. The molecule has 0 fully saturated rings. The molecule has 21 heavy (non-hydrogen) atoms. The molecule has 0 aliphatic carbocycles. The maximum Gasteiger partial charge on any atom is 0.341 e. The Bertz CT molecular complexity index is 674. The SMILES string of the molecule is CCCCOC(=O)c1cc([N+](=O)[O-])cc(S(N)(=O)=O)c1F. The number of nitrogens with zero attached hydrogens (tertiary/aromatic N) is 1. The van der Waals surface area contributed by atoms with Gasteiger partial charge in [0.1, 0.15) is 10.5 Å². The largest absolute Gasteiger partial charge is 0.462 e. The zero-order valence-electron chi connectivity index (χ0n) is 11.0. The molecule has 0 aliphatic rings. The minimum absolute atomic E-state index is 0.0117. The number of primary sulfonamides is 1. The van der Waals surface area contributed by atoms with Gasteiger partial charge in [0.25, 0.3) is 5.69 Å². The van der Waals surface area contributed by atoms with Crippen molar-refractivity contribution in [2.24, 2.45) is 5.14 Å².